The van der Waals surface area contributed by atoms with Gasteiger partial charge in [0.2, 0.25) is 15.9 Å². The number of carbonyl (C=O) groups excluding carboxylic acids is 2. The number of benzene rings is 1. The van der Waals surface area contributed by atoms with Gasteiger partial charge in [-0.3, -0.25) is 9.59 Å². The maximum atomic E-state index is 13.2. The van der Waals surface area contributed by atoms with Gasteiger partial charge in [0.05, 0.1) is 17.2 Å². The lowest BCUT2D eigenvalue weighted by molar-refractivity contribution is -0.135. The Morgan fingerprint density at radius 1 is 1.12 bits per heavy atom. The van der Waals surface area contributed by atoms with Gasteiger partial charge in [-0.2, -0.15) is 4.31 Å². The molecular formula is C22H32ClN3O5S. The van der Waals surface area contributed by atoms with Gasteiger partial charge < -0.3 is 15.0 Å². The van der Waals surface area contributed by atoms with Crippen molar-refractivity contribution >= 4 is 33.4 Å². The van der Waals surface area contributed by atoms with Crippen LogP contribution in [0, 0.1) is 5.92 Å². The molecule has 2 amide bonds. The minimum absolute atomic E-state index is 0.0481. The lowest BCUT2D eigenvalue weighted by Gasteiger charge is -2.34. The summed E-state index contributed by atoms with van der Waals surface area (Å²) in [6, 6.07) is 4.24. The average molecular weight is 486 g/mol. The molecule has 0 radical (unpaired) electrons. The standard InChI is InChI=1S/C22H32ClN3O5S/c1-14(2)22(28)25-9-7-18(8-10-25)24-21(27)17-5-6-19(23)20(11-17)32(29,30)26-12-15(3)31-16(4)13-26/h5-6,11,14-16,18H,7-10,12-13H2,1-4H3,(H,24,27)/t15-,16-/m0/s1. The molecule has 2 aliphatic rings. The van der Waals surface area contributed by atoms with Crippen molar-refractivity contribution in [1.29, 1.82) is 0 Å². The van der Waals surface area contributed by atoms with E-state index < -0.39 is 10.0 Å². The molecule has 3 rings (SSSR count). The largest absolute Gasteiger partial charge is 0.373 e. The highest BCUT2D eigenvalue weighted by atomic mass is 35.5. The second-order valence-electron chi connectivity index (χ2n) is 8.95. The monoisotopic (exact) mass is 485 g/mol. The molecule has 0 spiro atoms. The fraction of sp³-hybridized carbons (Fsp3) is 0.636. The lowest BCUT2D eigenvalue weighted by atomic mass is 10.0. The highest BCUT2D eigenvalue weighted by molar-refractivity contribution is 7.89. The van der Waals surface area contributed by atoms with Crippen molar-refractivity contribution in [1.82, 2.24) is 14.5 Å². The van der Waals surface area contributed by atoms with Crippen molar-refractivity contribution in [2.75, 3.05) is 26.2 Å². The minimum Gasteiger partial charge on any atom is -0.373 e. The number of hydrogen-bond donors (Lipinski definition) is 1. The Balaban J connectivity index is 1.70. The van der Waals surface area contributed by atoms with Crippen LogP contribution in [0.4, 0.5) is 0 Å². The predicted molar refractivity (Wildman–Crippen MR) is 122 cm³/mol. The number of likely N-dealkylation sites (tertiary alicyclic amines) is 1. The maximum absolute atomic E-state index is 13.2. The Labute approximate surface area is 195 Å². The predicted octanol–water partition coefficient (Wildman–Crippen LogP) is 2.51. The highest BCUT2D eigenvalue weighted by Crippen LogP contribution is 2.28. The van der Waals surface area contributed by atoms with E-state index in [1.165, 1.54) is 22.5 Å². The zero-order chi connectivity index (χ0) is 23.6. The fourth-order valence-electron chi connectivity index (χ4n) is 4.19. The molecule has 8 nitrogen and oxygen atoms in total. The zero-order valence-electron chi connectivity index (χ0n) is 19.0. The van der Waals surface area contributed by atoms with Gasteiger partial charge in [0.15, 0.2) is 0 Å². The van der Waals surface area contributed by atoms with Crippen LogP contribution in [-0.2, 0) is 19.6 Å². The van der Waals surface area contributed by atoms with Crippen molar-refractivity contribution in [2.24, 2.45) is 5.92 Å². The van der Waals surface area contributed by atoms with Crippen molar-refractivity contribution in [3.8, 4) is 0 Å². The van der Waals surface area contributed by atoms with Crippen LogP contribution in [0.1, 0.15) is 50.9 Å². The molecule has 1 aromatic rings. The molecule has 2 heterocycles. The third kappa shape index (κ3) is 5.62. The summed E-state index contributed by atoms with van der Waals surface area (Å²) < 4.78 is 33.5. The van der Waals surface area contributed by atoms with Gasteiger partial charge in [0, 0.05) is 43.7 Å². The molecule has 1 N–H and O–H groups in total. The van der Waals surface area contributed by atoms with Gasteiger partial charge >= 0.3 is 0 Å². The molecule has 10 heteroatoms. The van der Waals surface area contributed by atoms with Gasteiger partial charge in [-0.1, -0.05) is 25.4 Å². The van der Waals surface area contributed by atoms with E-state index in [9.17, 15) is 18.0 Å². The number of carbonyl (C=O) groups is 2. The summed E-state index contributed by atoms with van der Waals surface area (Å²) in [5.41, 5.74) is 0.239. The van der Waals surface area contributed by atoms with E-state index in [1.54, 1.807) is 0 Å². The third-order valence-corrected chi connectivity index (χ3v) is 8.15. The summed E-state index contributed by atoms with van der Waals surface area (Å²) in [5.74, 6) is -0.280. The van der Waals surface area contributed by atoms with Crippen LogP contribution in [0.25, 0.3) is 0 Å². The Kier molecular flexibility index (Phi) is 7.85. The first-order chi connectivity index (χ1) is 15.0. The van der Waals surface area contributed by atoms with Gasteiger partial charge in [0.1, 0.15) is 4.90 Å². The summed E-state index contributed by atoms with van der Waals surface area (Å²) in [4.78, 5) is 26.7. The van der Waals surface area contributed by atoms with Crippen LogP contribution in [0.2, 0.25) is 5.02 Å². The second kappa shape index (κ2) is 10.1. The normalized spacial score (nSPS) is 23.4. The molecule has 0 aliphatic carbocycles. The number of piperidine rings is 1. The second-order valence-corrected chi connectivity index (χ2v) is 11.3. The van der Waals surface area contributed by atoms with E-state index in [0.29, 0.717) is 25.9 Å². The molecule has 0 bridgehead atoms. The van der Waals surface area contributed by atoms with Gasteiger partial charge in [-0.25, -0.2) is 8.42 Å². The van der Waals surface area contributed by atoms with Crippen molar-refractivity contribution in [3.63, 3.8) is 0 Å². The number of amides is 2. The maximum Gasteiger partial charge on any atom is 0.251 e. The van der Waals surface area contributed by atoms with Crippen LogP contribution in [-0.4, -0.2) is 73.9 Å². The van der Waals surface area contributed by atoms with E-state index in [1.807, 2.05) is 32.6 Å². The first-order valence-corrected chi connectivity index (χ1v) is 12.9. The molecule has 32 heavy (non-hydrogen) atoms. The number of rotatable bonds is 5. The van der Waals surface area contributed by atoms with E-state index in [4.69, 9.17) is 16.3 Å². The van der Waals surface area contributed by atoms with E-state index in [-0.39, 0.29) is 64.6 Å². The molecule has 2 aliphatic heterocycles. The van der Waals surface area contributed by atoms with E-state index in [0.717, 1.165) is 0 Å². The Morgan fingerprint density at radius 2 is 1.72 bits per heavy atom. The SMILES string of the molecule is CC(C)C(=O)N1CCC(NC(=O)c2ccc(Cl)c(S(=O)(=O)N3C[C@H](C)O[C@@H](C)C3)c2)CC1. The van der Waals surface area contributed by atoms with Gasteiger partial charge in [-0.15, -0.1) is 0 Å². The molecule has 0 aromatic heterocycles. The van der Waals surface area contributed by atoms with Crippen LogP contribution in [0.5, 0.6) is 0 Å². The number of hydrogen-bond acceptors (Lipinski definition) is 5. The molecule has 2 atom stereocenters. The number of ether oxygens (including phenoxy) is 1. The zero-order valence-corrected chi connectivity index (χ0v) is 20.6. The smallest absolute Gasteiger partial charge is 0.251 e. The molecular weight excluding hydrogens is 454 g/mol. The summed E-state index contributed by atoms with van der Waals surface area (Å²) in [5, 5.41) is 3.04. The van der Waals surface area contributed by atoms with Crippen LogP contribution >= 0.6 is 11.6 Å². The molecule has 0 saturated carbocycles. The number of halogens is 1. The average Bonchev–Trinajstić information content (AvgIpc) is 2.73. The van der Waals surface area contributed by atoms with Crippen LogP contribution in [0.15, 0.2) is 23.1 Å². The topological polar surface area (TPSA) is 96.0 Å². The Bertz CT molecular complexity index is 950. The summed E-state index contributed by atoms with van der Waals surface area (Å²) in [6.07, 6.45) is 0.860. The number of sulfonamides is 1. The van der Waals surface area contributed by atoms with Crippen molar-refractivity contribution in [3.05, 3.63) is 28.8 Å². The van der Waals surface area contributed by atoms with Crippen molar-refractivity contribution in [2.45, 2.75) is 63.7 Å². The quantitative estimate of drug-likeness (QED) is 0.691. The van der Waals surface area contributed by atoms with Crippen LogP contribution in [0.3, 0.4) is 0 Å². The summed E-state index contributed by atoms with van der Waals surface area (Å²) in [7, 11) is -3.88. The molecule has 2 fully saturated rings. The first kappa shape index (κ1) is 25.0. The Hall–Kier alpha value is -1.68. The highest BCUT2D eigenvalue weighted by Gasteiger charge is 2.34. The van der Waals surface area contributed by atoms with Crippen LogP contribution < -0.4 is 5.32 Å². The molecule has 1 aromatic carbocycles. The van der Waals surface area contributed by atoms with Gasteiger partial charge in [-0.05, 0) is 44.9 Å². The lowest BCUT2D eigenvalue weighted by Crippen LogP contribution is -2.48. The number of nitrogens with zero attached hydrogens (tertiary/aromatic N) is 2. The molecule has 2 saturated heterocycles. The molecule has 178 valence electrons. The van der Waals surface area contributed by atoms with E-state index in [2.05, 4.69) is 5.32 Å². The number of morpholine rings is 1. The summed E-state index contributed by atoms with van der Waals surface area (Å²) >= 11 is 6.23. The Morgan fingerprint density at radius 3 is 2.28 bits per heavy atom. The first-order valence-electron chi connectivity index (χ1n) is 11.0. The molecule has 0 unspecified atom stereocenters. The van der Waals surface area contributed by atoms with Crippen molar-refractivity contribution < 1.29 is 22.7 Å². The minimum atomic E-state index is -3.88. The fourth-order valence-corrected chi connectivity index (χ4v) is 6.28. The number of nitrogens with one attached hydrogen (secondary N) is 1. The van der Waals surface area contributed by atoms with Gasteiger partial charge in [0.25, 0.3) is 5.91 Å². The van der Waals surface area contributed by atoms with E-state index >= 15 is 0 Å². The summed E-state index contributed by atoms with van der Waals surface area (Å²) in [6.45, 7) is 9.04. The third-order valence-electron chi connectivity index (χ3n) is 5.83.